The van der Waals surface area contributed by atoms with Crippen LogP contribution >= 0.6 is 0 Å². The summed E-state index contributed by atoms with van der Waals surface area (Å²) < 4.78 is 5.17. The Morgan fingerprint density at radius 2 is 2.08 bits per heavy atom. The van der Waals surface area contributed by atoms with E-state index in [1.54, 1.807) is 6.92 Å². The van der Waals surface area contributed by atoms with Gasteiger partial charge >= 0.3 is 0 Å². The summed E-state index contributed by atoms with van der Waals surface area (Å²) in [5, 5.41) is 7.03. The molecular formula is C18H22N4O2. The number of carbonyl (C=O) groups is 1. The highest BCUT2D eigenvalue weighted by Gasteiger charge is 2.26. The van der Waals surface area contributed by atoms with Crippen molar-refractivity contribution in [3.63, 3.8) is 0 Å². The van der Waals surface area contributed by atoms with E-state index in [1.165, 1.54) is 0 Å². The van der Waals surface area contributed by atoms with E-state index in [1.807, 2.05) is 31.2 Å². The number of fused-ring (bicyclic) bond motifs is 1. The summed E-state index contributed by atoms with van der Waals surface area (Å²) in [4.78, 5) is 20.7. The van der Waals surface area contributed by atoms with Crippen molar-refractivity contribution < 1.29 is 9.32 Å². The number of H-pyrrole nitrogens is 1. The predicted molar refractivity (Wildman–Crippen MR) is 91.8 cm³/mol. The van der Waals surface area contributed by atoms with Gasteiger partial charge < -0.3 is 14.8 Å². The maximum Gasteiger partial charge on any atom is 0.257 e. The second-order valence-corrected chi connectivity index (χ2v) is 6.25. The fraction of sp³-hybridized carbons (Fsp3) is 0.389. The zero-order chi connectivity index (χ0) is 17.3. The Labute approximate surface area is 140 Å². The number of hydrogen-bond donors (Lipinski definition) is 2. The molecule has 3 rings (SSSR count). The van der Waals surface area contributed by atoms with Crippen molar-refractivity contribution in [2.45, 2.75) is 40.2 Å². The van der Waals surface area contributed by atoms with Crippen LogP contribution in [0.25, 0.3) is 11.0 Å². The molecule has 0 aliphatic heterocycles. The van der Waals surface area contributed by atoms with E-state index in [-0.39, 0.29) is 17.9 Å². The lowest BCUT2D eigenvalue weighted by molar-refractivity contribution is 0.0921. The van der Waals surface area contributed by atoms with Crippen LogP contribution in [0.1, 0.15) is 54.4 Å². The molecule has 1 atom stereocenters. The number of imidazole rings is 1. The standard InChI is InChI=1S/C18H22N4O2/c1-5-12-15(11(4)24-22-12)18(23)21-16(10(2)3)17-19-13-8-6-7-9-14(13)20-17/h6-10,16H,5H2,1-4H3,(H,19,20)(H,21,23). The number of nitrogens with zero attached hydrogens (tertiary/aromatic N) is 2. The van der Waals surface area contributed by atoms with Gasteiger partial charge in [0, 0.05) is 0 Å². The Balaban J connectivity index is 1.91. The predicted octanol–water partition coefficient (Wildman–Crippen LogP) is 3.55. The maximum atomic E-state index is 12.8. The highest BCUT2D eigenvalue weighted by Crippen LogP contribution is 2.23. The molecule has 0 spiro atoms. The van der Waals surface area contributed by atoms with Crippen LogP contribution < -0.4 is 5.32 Å². The van der Waals surface area contributed by atoms with Gasteiger partial charge in [-0.2, -0.15) is 0 Å². The third-order valence-corrected chi connectivity index (χ3v) is 4.15. The molecular weight excluding hydrogens is 304 g/mol. The first kappa shape index (κ1) is 16.2. The third-order valence-electron chi connectivity index (χ3n) is 4.15. The van der Waals surface area contributed by atoms with Gasteiger partial charge in [0.05, 0.1) is 22.8 Å². The van der Waals surface area contributed by atoms with E-state index in [0.717, 1.165) is 16.9 Å². The van der Waals surface area contributed by atoms with E-state index in [9.17, 15) is 4.79 Å². The Morgan fingerprint density at radius 3 is 2.75 bits per heavy atom. The lowest BCUT2D eigenvalue weighted by Gasteiger charge is -2.20. The SMILES string of the molecule is CCc1noc(C)c1C(=O)NC(c1nc2ccccc2[nH]1)C(C)C. The summed E-state index contributed by atoms with van der Waals surface area (Å²) >= 11 is 0. The summed E-state index contributed by atoms with van der Waals surface area (Å²) in [6.45, 7) is 7.82. The van der Waals surface area contributed by atoms with Gasteiger partial charge in [-0.05, 0) is 31.4 Å². The van der Waals surface area contributed by atoms with Crippen molar-refractivity contribution in [3.05, 3.63) is 47.1 Å². The number of aryl methyl sites for hydroxylation is 2. The number of carbonyl (C=O) groups excluding carboxylic acids is 1. The lowest BCUT2D eigenvalue weighted by atomic mass is 10.0. The molecule has 126 valence electrons. The van der Waals surface area contributed by atoms with Gasteiger partial charge in [-0.3, -0.25) is 4.79 Å². The molecule has 1 unspecified atom stereocenters. The summed E-state index contributed by atoms with van der Waals surface area (Å²) in [5.41, 5.74) is 3.06. The van der Waals surface area contributed by atoms with Crippen LogP contribution in [0.4, 0.5) is 0 Å². The van der Waals surface area contributed by atoms with E-state index >= 15 is 0 Å². The van der Waals surface area contributed by atoms with Crippen LogP contribution in [-0.2, 0) is 6.42 Å². The van der Waals surface area contributed by atoms with Crippen molar-refractivity contribution in [2.75, 3.05) is 0 Å². The van der Waals surface area contributed by atoms with Gasteiger partial charge in [-0.15, -0.1) is 0 Å². The molecule has 24 heavy (non-hydrogen) atoms. The Kier molecular flexibility index (Phi) is 4.38. The summed E-state index contributed by atoms with van der Waals surface area (Å²) in [6, 6.07) is 7.62. The van der Waals surface area contributed by atoms with Crippen molar-refractivity contribution in [1.82, 2.24) is 20.4 Å². The molecule has 6 nitrogen and oxygen atoms in total. The number of amides is 1. The fourth-order valence-corrected chi connectivity index (χ4v) is 2.83. The molecule has 0 aliphatic rings. The minimum absolute atomic E-state index is 0.176. The molecule has 2 aromatic heterocycles. The first-order valence-electron chi connectivity index (χ1n) is 8.22. The summed E-state index contributed by atoms with van der Waals surface area (Å²) in [6.07, 6.45) is 0.650. The van der Waals surface area contributed by atoms with Crippen LogP contribution in [0, 0.1) is 12.8 Å². The quantitative estimate of drug-likeness (QED) is 0.751. The largest absolute Gasteiger partial charge is 0.361 e. The Bertz CT molecular complexity index is 830. The van der Waals surface area contributed by atoms with Crippen LogP contribution in [-0.4, -0.2) is 21.0 Å². The number of benzene rings is 1. The highest BCUT2D eigenvalue weighted by atomic mass is 16.5. The minimum Gasteiger partial charge on any atom is -0.361 e. The summed E-state index contributed by atoms with van der Waals surface area (Å²) in [7, 11) is 0. The molecule has 3 aromatic rings. The molecule has 0 saturated heterocycles. The van der Waals surface area contributed by atoms with Crippen LogP contribution in [0.5, 0.6) is 0 Å². The molecule has 0 bridgehead atoms. The van der Waals surface area contributed by atoms with Gasteiger partial charge in [-0.1, -0.05) is 38.1 Å². The van der Waals surface area contributed by atoms with Crippen molar-refractivity contribution in [1.29, 1.82) is 0 Å². The van der Waals surface area contributed by atoms with Gasteiger partial charge in [-0.25, -0.2) is 4.98 Å². The molecule has 2 N–H and O–H groups in total. The zero-order valence-corrected chi connectivity index (χ0v) is 14.4. The first-order valence-corrected chi connectivity index (χ1v) is 8.22. The average molecular weight is 326 g/mol. The molecule has 1 amide bonds. The topological polar surface area (TPSA) is 83.8 Å². The number of nitrogens with one attached hydrogen (secondary N) is 2. The highest BCUT2D eigenvalue weighted by molar-refractivity contribution is 5.96. The zero-order valence-electron chi connectivity index (χ0n) is 14.4. The van der Waals surface area contributed by atoms with Crippen LogP contribution in [0.15, 0.2) is 28.8 Å². The number of aromatic amines is 1. The third kappa shape index (κ3) is 2.91. The average Bonchev–Trinajstić information content (AvgIpc) is 3.14. The van der Waals surface area contributed by atoms with Crippen LogP contribution in [0.2, 0.25) is 0 Å². The monoisotopic (exact) mass is 326 g/mol. The van der Waals surface area contributed by atoms with E-state index in [2.05, 4.69) is 34.3 Å². The van der Waals surface area contributed by atoms with Gasteiger partial charge in [0.2, 0.25) is 0 Å². The van der Waals surface area contributed by atoms with E-state index in [0.29, 0.717) is 23.4 Å². The van der Waals surface area contributed by atoms with Crippen molar-refractivity contribution in [3.8, 4) is 0 Å². The van der Waals surface area contributed by atoms with Crippen molar-refractivity contribution >= 4 is 16.9 Å². The maximum absolute atomic E-state index is 12.8. The molecule has 2 heterocycles. The summed E-state index contributed by atoms with van der Waals surface area (Å²) in [5.74, 6) is 1.30. The Hall–Kier alpha value is -2.63. The second kappa shape index (κ2) is 6.47. The smallest absolute Gasteiger partial charge is 0.257 e. The van der Waals surface area contributed by atoms with E-state index in [4.69, 9.17) is 4.52 Å². The minimum atomic E-state index is -0.219. The van der Waals surface area contributed by atoms with Gasteiger partial charge in [0.1, 0.15) is 17.1 Å². The lowest BCUT2D eigenvalue weighted by Crippen LogP contribution is -2.33. The molecule has 1 aromatic carbocycles. The van der Waals surface area contributed by atoms with Gasteiger partial charge in [0.15, 0.2) is 0 Å². The molecule has 0 aliphatic carbocycles. The van der Waals surface area contributed by atoms with E-state index < -0.39 is 0 Å². The van der Waals surface area contributed by atoms with Crippen molar-refractivity contribution in [2.24, 2.45) is 5.92 Å². The molecule has 0 fully saturated rings. The Morgan fingerprint density at radius 1 is 1.33 bits per heavy atom. The molecule has 0 radical (unpaired) electrons. The first-order chi connectivity index (χ1) is 11.5. The number of para-hydroxylation sites is 2. The van der Waals surface area contributed by atoms with Gasteiger partial charge in [0.25, 0.3) is 5.91 Å². The number of rotatable bonds is 5. The normalized spacial score (nSPS) is 12.7. The second-order valence-electron chi connectivity index (χ2n) is 6.25. The number of aromatic nitrogens is 3. The molecule has 6 heteroatoms. The van der Waals surface area contributed by atoms with Crippen LogP contribution in [0.3, 0.4) is 0 Å². The number of hydrogen-bond acceptors (Lipinski definition) is 4. The molecule has 0 saturated carbocycles. The fourth-order valence-electron chi connectivity index (χ4n) is 2.83.